The number of hydrogen-bond acceptors (Lipinski definition) is 6. The number of nitrogens with zero attached hydrogens (tertiary/aromatic N) is 2. The summed E-state index contributed by atoms with van der Waals surface area (Å²) in [6.07, 6.45) is 3.69. The molecule has 1 aliphatic rings. The van der Waals surface area contributed by atoms with Crippen molar-refractivity contribution in [2.24, 2.45) is 0 Å². The van der Waals surface area contributed by atoms with Crippen LogP contribution < -0.4 is 0 Å². The SMILES string of the molecule is O=S(=O)(Cc1cc(C2CC2)on1)c1nccs1. The van der Waals surface area contributed by atoms with Crippen molar-refractivity contribution in [3.8, 4) is 0 Å². The quantitative estimate of drug-likeness (QED) is 0.849. The Morgan fingerprint density at radius 1 is 1.47 bits per heavy atom. The molecule has 0 radical (unpaired) electrons. The van der Waals surface area contributed by atoms with Crippen molar-refractivity contribution in [2.75, 3.05) is 0 Å². The summed E-state index contributed by atoms with van der Waals surface area (Å²) in [6.45, 7) is 0. The van der Waals surface area contributed by atoms with Gasteiger partial charge in [-0.25, -0.2) is 13.4 Å². The van der Waals surface area contributed by atoms with Crippen LogP contribution >= 0.6 is 11.3 Å². The molecule has 0 bridgehead atoms. The molecular weight excluding hydrogens is 260 g/mol. The van der Waals surface area contributed by atoms with Crippen LogP contribution in [0.25, 0.3) is 0 Å². The van der Waals surface area contributed by atoms with Gasteiger partial charge in [0.1, 0.15) is 11.5 Å². The summed E-state index contributed by atoms with van der Waals surface area (Å²) in [4.78, 5) is 3.81. The summed E-state index contributed by atoms with van der Waals surface area (Å²) in [7, 11) is -3.38. The predicted octanol–water partition coefficient (Wildman–Crippen LogP) is 1.98. The zero-order chi connectivity index (χ0) is 11.9. The third-order valence-electron chi connectivity index (χ3n) is 2.57. The second kappa shape index (κ2) is 3.92. The first-order valence-electron chi connectivity index (χ1n) is 5.23. The molecule has 0 N–H and O–H groups in total. The van der Waals surface area contributed by atoms with E-state index in [2.05, 4.69) is 10.1 Å². The molecule has 7 heteroatoms. The molecule has 17 heavy (non-hydrogen) atoms. The van der Waals surface area contributed by atoms with Gasteiger partial charge >= 0.3 is 0 Å². The van der Waals surface area contributed by atoms with E-state index in [4.69, 9.17) is 4.52 Å². The molecule has 0 atom stereocenters. The minimum absolute atomic E-state index is 0.133. The molecular formula is C10H10N2O3S2. The fourth-order valence-corrected chi connectivity index (χ4v) is 3.74. The topological polar surface area (TPSA) is 73.1 Å². The van der Waals surface area contributed by atoms with E-state index in [1.165, 1.54) is 6.20 Å². The van der Waals surface area contributed by atoms with Gasteiger partial charge in [-0.3, -0.25) is 0 Å². The highest BCUT2D eigenvalue weighted by Gasteiger charge is 2.29. The standard InChI is InChI=1S/C10H10N2O3S2/c13-17(14,10-11-3-4-16-10)6-8-5-9(15-12-8)7-1-2-7/h3-5,7H,1-2,6H2. The van der Waals surface area contributed by atoms with Crippen molar-refractivity contribution < 1.29 is 12.9 Å². The smallest absolute Gasteiger partial charge is 0.211 e. The van der Waals surface area contributed by atoms with Gasteiger partial charge in [-0.05, 0) is 12.8 Å². The monoisotopic (exact) mass is 270 g/mol. The third-order valence-corrected chi connectivity index (χ3v) is 5.50. The molecule has 0 spiro atoms. The van der Waals surface area contributed by atoms with Crippen LogP contribution in [0.5, 0.6) is 0 Å². The van der Waals surface area contributed by atoms with Gasteiger partial charge in [-0.15, -0.1) is 11.3 Å². The lowest BCUT2D eigenvalue weighted by molar-refractivity contribution is 0.380. The van der Waals surface area contributed by atoms with E-state index < -0.39 is 9.84 Å². The maximum absolute atomic E-state index is 11.9. The molecule has 2 aromatic heterocycles. The first-order valence-corrected chi connectivity index (χ1v) is 7.76. The van der Waals surface area contributed by atoms with Crippen LogP contribution in [0.15, 0.2) is 26.5 Å². The van der Waals surface area contributed by atoms with Gasteiger partial charge in [-0.2, -0.15) is 0 Å². The molecule has 1 saturated carbocycles. The zero-order valence-electron chi connectivity index (χ0n) is 8.87. The molecule has 0 aromatic carbocycles. The summed E-state index contributed by atoms with van der Waals surface area (Å²) in [6, 6.07) is 1.74. The average molecular weight is 270 g/mol. The Kier molecular flexibility index (Phi) is 2.52. The van der Waals surface area contributed by atoms with E-state index in [0.29, 0.717) is 11.6 Å². The Morgan fingerprint density at radius 2 is 2.29 bits per heavy atom. The maximum atomic E-state index is 11.9. The van der Waals surface area contributed by atoms with Crippen molar-refractivity contribution in [1.82, 2.24) is 10.1 Å². The van der Waals surface area contributed by atoms with Gasteiger partial charge in [0.15, 0.2) is 0 Å². The van der Waals surface area contributed by atoms with Crippen molar-refractivity contribution >= 4 is 21.2 Å². The maximum Gasteiger partial charge on any atom is 0.211 e. The lowest BCUT2D eigenvalue weighted by Gasteiger charge is -1.95. The number of aromatic nitrogens is 2. The van der Waals surface area contributed by atoms with Crippen LogP contribution in [0.2, 0.25) is 0 Å². The van der Waals surface area contributed by atoms with E-state index in [9.17, 15) is 8.42 Å². The Hall–Kier alpha value is -1.21. The lowest BCUT2D eigenvalue weighted by atomic mass is 10.3. The highest BCUT2D eigenvalue weighted by Crippen LogP contribution is 2.40. The van der Waals surface area contributed by atoms with Crippen LogP contribution in [0.1, 0.15) is 30.2 Å². The molecule has 1 aliphatic carbocycles. The van der Waals surface area contributed by atoms with Crippen LogP contribution in [0.4, 0.5) is 0 Å². The van der Waals surface area contributed by atoms with Crippen molar-refractivity contribution in [3.63, 3.8) is 0 Å². The predicted molar refractivity (Wildman–Crippen MR) is 61.5 cm³/mol. The van der Waals surface area contributed by atoms with Crippen LogP contribution in [0.3, 0.4) is 0 Å². The summed E-state index contributed by atoms with van der Waals surface area (Å²) in [5.74, 6) is 1.10. The van der Waals surface area contributed by atoms with Gasteiger partial charge < -0.3 is 4.52 Å². The Balaban J connectivity index is 1.81. The highest BCUT2D eigenvalue weighted by atomic mass is 32.2. The number of thiazole rings is 1. The van der Waals surface area contributed by atoms with E-state index in [-0.39, 0.29) is 10.1 Å². The molecule has 90 valence electrons. The van der Waals surface area contributed by atoms with Crippen LogP contribution in [-0.2, 0) is 15.6 Å². The molecule has 3 rings (SSSR count). The Labute approximate surface area is 102 Å². The summed E-state index contributed by atoms with van der Waals surface area (Å²) < 4.78 is 29.1. The molecule has 5 nitrogen and oxygen atoms in total. The number of rotatable bonds is 4. The van der Waals surface area contributed by atoms with E-state index in [0.717, 1.165) is 29.9 Å². The first kappa shape index (κ1) is 10.9. The van der Waals surface area contributed by atoms with E-state index in [1.807, 2.05) is 0 Å². The Morgan fingerprint density at radius 3 is 2.94 bits per heavy atom. The van der Waals surface area contributed by atoms with E-state index in [1.54, 1.807) is 11.4 Å². The lowest BCUT2D eigenvalue weighted by Crippen LogP contribution is -2.04. The minimum atomic E-state index is -3.38. The van der Waals surface area contributed by atoms with Crippen molar-refractivity contribution in [3.05, 3.63) is 29.1 Å². The van der Waals surface area contributed by atoms with Gasteiger partial charge in [0, 0.05) is 23.6 Å². The van der Waals surface area contributed by atoms with E-state index >= 15 is 0 Å². The molecule has 0 unspecified atom stereocenters. The highest BCUT2D eigenvalue weighted by molar-refractivity contribution is 7.92. The van der Waals surface area contributed by atoms with Crippen molar-refractivity contribution in [1.29, 1.82) is 0 Å². The fourth-order valence-electron chi connectivity index (χ4n) is 1.58. The first-order chi connectivity index (χ1) is 8.15. The summed E-state index contributed by atoms with van der Waals surface area (Å²) in [5.41, 5.74) is 0.460. The normalized spacial score (nSPS) is 16.2. The molecule has 0 amide bonds. The van der Waals surface area contributed by atoms with Crippen LogP contribution in [-0.4, -0.2) is 18.6 Å². The molecule has 0 saturated heterocycles. The van der Waals surface area contributed by atoms with Gasteiger partial charge in [-0.1, -0.05) is 5.16 Å². The zero-order valence-corrected chi connectivity index (χ0v) is 10.5. The number of sulfone groups is 1. The summed E-state index contributed by atoms with van der Waals surface area (Å²) in [5, 5.41) is 5.44. The molecule has 0 aliphatic heterocycles. The minimum Gasteiger partial charge on any atom is -0.361 e. The largest absolute Gasteiger partial charge is 0.361 e. The second-order valence-corrected chi connectivity index (χ2v) is 7.11. The molecule has 2 aromatic rings. The molecule has 2 heterocycles. The average Bonchev–Trinajstić information content (AvgIpc) is 2.81. The number of hydrogen-bond donors (Lipinski definition) is 0. The van der Waals surface area contributed by atoms with Gasteiger partial charge in [0.2, 0.25) is 14.2 Å². The molecule has 1 fully saturated rings. The van der Waals surface area contributed by atoms with Crippen LogP contribution in [0, 0.1) is 0 Å². The van der Waals surface area contributed by atoms with Crippen molar-refractivity contribution in [2.45, 2.75) is 28.9 Å². The third kappa shape index (κ3) is 2.25. The van der Waals surface area contributed by atoms with Gasteiger partial charge in [0.25, 0.3) is 0 Å². The summed E-state index contributed by atoms with van der Waals surface area (Å²) >= 11 is 1.12. The second-order valence-electron chi connectivity index (χ2n) is 4.05. The fraction of sp³-hybridized carbons (Fsp3) is 0.400. The Bertz CT molecular complexity index is 612. The van der Waals surface area contributed by atoms with Gasteiger partial charge in [0.05, 0.1) is 5.69 Å².